The Morgan fingerprint density at radius 2 is 2.43 bits per heavy atom. The van der Waals surface area contributed by atoms with Gasteiger partial charge < -0.3 is 20.6 Å². The number of ether oxygens (including phenoxy) is 1. The molecule has 8 heteroatoms. The van der Waals surface area contributed by atoms with Gasteiger partial charge in [-0.25, -0.2) is 0 Å². The standard InChI is InChI=1S/C13H17N3O3S2/c14-12(15-18)9-6-16(2-3-19-9)13(17)11-5-8-7-20-4-1-10(8)21-11/h5,9,18H,1-4,6-7H2,(H2,14,15). The van der Waals surface area contributed by atoms with E-state index >= 15 is 0 Å². The van der Waals surface area contributed by atoms with Gasteiger partial charge >= 0.3 is 0 Å². The molecule has 1 aromatic heterocycles. The van der Waals surface area contributed by atoms with Gasteiger partial charge in [-0.2, -0.15) is 11.8 Å². The number of thioether (sulfide) groups is 1. The average Bonchev–Trinajstić information content (AvgIpc) is 2.97. The first-order valence-corrected chi connectivity index (χ1v) is 8.74. The average molecular weight is 327 g/mol. The second-order valence-electron chi connectivity index (χ2n) is 5.00. The second kappa shape index (κ2) is 6.25. The summed E-state index contributed by atoms with van der Waals surface area (Å²) in [4.78, 5) is 16.4. The van der Waals surface area contributed by atoms with Gasteiger partial charge in [0.15, 0.2) is 5.84 Å². The van der Waals surface area contributed by atoms with Crippen LogP contribution in [0.25, 0.3) is 0 Å². The molecule has 1 unspecified atom stereocenters. The molecule has 1 amide bonds. The highest BCUT2D eigenvalue weighted by Crippen LogP contribution is 2.32. The van der Waals surface area contributed by atoms with Crippen LogP contribution in [-0.2, 0) is 16.9 Å². The van der Waals surface area contributed by atoms with Crippen molar-refractivity contribution in [1.82, 2.24) is 4.90 Å². The summed E-state index contributed by atoms with van der Waals surface area (Å²) in [6.45, 7) is 1.25. The van der Waals surface area contributed by atoms with E-state index in [0.29, 0.717) is 19.7 Å². The molecular weight excluding hydrogens is 310 g/mol. The molecule has 3 N–H and O–H groups in total. The second-order valence-corrected chi connectivity index (χ2v) is 7.24. The van der Waals surface area contributed by atoms with Gasteiger partial charge in [0.05, 0.1) is 18.0 Å². The first kappa shape index (κ1) is 14.7. The zero-order chi connectivity index (χ0) is 14.8. The number of hydrogen-bond acceptors (Lipinski definition) is 6. The van der Waals surface area contributed by atoms with Crippen molar-refractivity contribution >= 4 is 34.8 Å². The number of carbonyl (C=O) groups excluding carboxylic acids is 1. The van der Waals surface area contributed by atoms with Crippen LogP contribution in [-0.4, -0.2) is 53.4 Å². The molecule has 2 aliphatic rings. The normalized spacial score (nSPS) is 23.0. The molecule has 0 bridgehead atoms. The molecule has 1 aromatic rings. The van der Waals surface area contributed by atoms with Crippen molar-refractivity contribution in [2.24, 2.45) is 10.9 Å². The number of fused-ring (bicyclic) bond motifs is 1. The van der Waals surface area contributed by atoms with Gasteiger partial charge in [0.1, 0.15) is 6.10 Å². The number of hydrogen-bond donors (Lipinski definition) is 2. The van der Waals surface area contributed by atoms with Crippen LogP contribution >= 0.6 is 23.1 Å². The molecule has 3 rings (SSSR count). The molecule has 0 aliphatic carbocycles. The van der Waals surface area contributed by atoms with Crippen LogP contribution in [0.15, 0.2) is 11.2 Å². The zero-order valence-electron chi connectivity index (χ0n) is 11.4. The van der Waals surface area contributed by atoms with E-state index in [9.17, 15) is 4.79 Å². The van der Waals surface area contributed by atoms with E-state index in [1.807, 2.05) is 17.8 Å². The van der Waals surface area contributed by atoms with Crippen LogP contribution in [0.1, 0.15) is 20.1 Å². The van der Waals surface area contributed by atoms with Crippen molar-refractivity contribution in [1.29, 1.82) is 0 Å². The maximum Gasteiger partial charge on any atom is 0.264 e. The summed E-state index contributed by atoms with van der Waals surface area (Å²) in [6, 6.07) is 2.02. The molecule has 1 fully saturated rings. The number of nitrogens with two attached hydrogens (primary N) is 1. The van der Waals surface area contributed by atoms with Crippen LogP contribution in [0.2, 0.25) is 0 Å². The monoisotopic (exact) mass is 327 g/mol. The lowest BCUT2D eigenvalue weighted by atomic mass is 10.2. The fourth-order valence-electron chi connectivity index (χ4n) is 2.49. The molecule has 0 radical (unpaired) electrons. The Hall–Kier alpha value is -1.25. The Morgan fingerprint density at radius 1 is 1.57 bits per heavy atom. The lowest BCUT2D eigenvalue weighted by Gasteiger charge is -2.31. The quantitative estimate of drug-likeness (QED) is 0.368. The highest BCUT2D eigenvalue weighted by Gasteiger charge is 2.29. The van der Waals surface area contributed by atoms with Gasteiger partial charge in [-0.1, -0.05) is 5.16 Å². The van der Waals surface area contributed by atoms with E-state index in [2.05, 4.69) is 5.16 Å². The number of carbonyl (C=O) groups is 1. The van der Waals surface area contributed by atoms with Crippen molar-refractivity contribution in [3.8, 4) is 0 Å². The minimum atomic E-state index is -0.530. The van der Waals surface area contributed by atoms with Crippen molar-refractivity contribution in [2.45, 2.75) is 18.3 Å². The fraction of sp³-hybridized carbons (Fsp3) is 0.538. The summed E-state index contributed by atoms with van der Waals surface area (Å²) >= 11 is 3.50. The topological polar surface area (TPSA) is 88.2 Å². The Morgan fingerprint density at radius 3 is 3.19 bits per heavy atom. The third-order valence-electron chi connectivity index (χ3n) is 3.64. The fourth-order valence-corrected chi connectivity index (χ4v) is 4.83. The summed E-state index contributed by atoms with van der Waals surface area (Å²) in [5.74, 6) is 2.15. The molecule has 21 heavy (non-hydrogen) atoms. The number of aryl methyl sites for hydroxylation is 1. The summed E-state index contributed by atoms with van der Waals surface area (Å²) in [5, 5.41) is 11.7. The van der Waals surface area contributed by atoms with Gasteiger partial charge in [-0.05, 0) is 23.8 Å². The Bertz CT molecular complexity index is 550. The van der Waals surface area contributed by atoms with Gasteiger partial charge in [0, 0.05) is 17.2 Å². The third-order valence-corrected chi connectivity index (χ3v) is 5.87. The minimum Gasteiger partial charge on any atom is -0.409 e. The van der Waals surface area contributed by atoms with Gasteiger partial charge in [-0.3, -0.25) is 4.79 Å². The first-order chi connectivity index (χ1) is 10.2. The van der Waals surface area contributed by atoms with Crippen LogP contribution in [0.4, 0.5) is 0 Å². The van der Waals surface area contributed by atoms with E-state index < -0.39 is 6.10 Å². The number of amidine groups is 1. The van der Waals surface area contributed by atoms with E-state index in [-0.39, 0.29) is 11.7 Å². The maximum atomic E-state index is 12.6. The Balaban J connectivity index is 1.74. The molecule has 0 saturated carbocycles. The molecule has 2 aliphatic heterocycles. The highest BCUT2D eigenvalue weighted by atomic mass is 32.2. The predicted octanol–water partition coefficient (Wildman–Crippen LogP) is 1.12. The smallest absolute Gasteiger partial charge is 0.264 e. The van der Waals surface area contributed by atoms with Gasteiger partial charge in [0.25, 0.3) is 5.91 Å². The van der Waals surface area contributed by atoms with E-state index in [1.54, 1.807) is 16.2 Å². The Labute approximate surface area is 130 Å². The molecule has 6 nitrogen and oxygen atoms in total. The van der Waals surface area contributed by atoms with Crippen molar-refractivity contribution in [3.05, 3.63) is 21.4 Å². The molecule has 1 saturated heterocycles. The van der Waals surface area contributed by atoms with E-state index in [4.69, 9.17) is 15.7 Å². The molecular formula is C13H17N3O3S2. The van der Waals surface area contributed by atoms with E-state index in [1.165, 1.54) is 10.4 Å². The summed E-state index contributed by atoms with van der Waals surface area (Å²) < 4.78 is 5.42. The van der Waals surface area contributed by atoms with E-state index in [0.717, 1.165) is 22.8 Å². The molecule has 0 spiro atoms. The third kappa shape index (κ3) is 3.02. The zero-order valence-corrected chi connectivity index (χ0v) is 13.1. The predicted molar refractivity (Wildman–Crippen MR) is 83.2 cm³/mol. The van der Waals surface area contributed by atoms with Crippen molar-refractivity contribution in [2.75, 3.05) is 25.4 Å². The number of morpholine rings is 1. The summed E-state index contributed by atoms with van der Waals surface area (Å²) in [5.41, 5.74) is 6.86. The van der Waals surface area contributed by atoms with Gasteiger partial charge in [-0.15, -0.1) is 11.3 Å². The number of rotatable bonds is 2. The minimum absolute atomic E-state index is 0.00868. The van der Waals surface area contributed by atoms with Crippen LogP contribution in [0.5, 0.6) is 0 Å². The molecule has 0 aromatic carbocycles. The molecule has 114 valence electrons. The lowest BCUT2D eigenvalue weighted by Crippen LogP contribution is -2.50. The number of amides is 1. The van der Waals surface area contributed by atoms with Crippen LogP contribution < -0.4 is 5.73 Å². The lowest BCUT2D eigenvalue weighted by molar-refractivity contribution is 0.00699. The summed E-state index contributed by atoms with van der Waals surface area (Å²) in [7, 11) is 0. The summed E-state index contributed by atoms with van der Waals surface area (Å²) in [6.07, 6.45) is 0.520. The molecule has 3 heterocycles. The SMILES string of the molecule is NC(=NO)C1CN(C(=O)c2cc3c(s2)CCSC3)CCO1. The Kier molecular flexibility index (Phi) is 4.37. The van der Waals surface area contributed by atoms with Crippen LogP contribution in [0, 0.1) is 0 Å². The first-order valence-electron chi connectivity index (χ1n) is 6.76. The van der Waals surface area contributed by atoms with Gasteiger partial charge in [0.2, 0.25) is 0 Å². The number of oxime groups is 1. The van der Waals surface area contributed by atoms with Crippen molar-refractivity contribution < 1.29 is 14.7 Å². The maximum absolute atomic E-state index is 12.6. The van der Waals surface area contributed by atoms with Crippen LogP contribution in [0.3, 0.4) is 0 Å². The van der Waals surface area contributed by atoms with Crippen molar-refractivity contribution in [3.63, 3.8) is 0 Å². The largest absolute Gasteiger partial charge is 0.409 e. The number of nitrogens with zero attached hydrogens (tertiary/aromatic N) is 2. The highest BCUT2D eigenvalue weighted by molar-refractivity contribution is 7.98. The number of thiophene rings is 1. The molecule has 1 atom stereocenters.